The summed E-state index contributed by atoms with van der Waals surface area (Å²) in [7, 11) is 0. The van der Waals surface area contributed by atoms with Crippen LogP contribution >= 0.6 is 0 Å². The molecule has 0 aliphatic rings. The van der Waals surface area contributed by atoms with Crippen LogP contribution in [0.15, 0.2) is 72.3 Å². The van der Waals surface area contributed by atoms with Gasteiger partial charge in [-0.25, -0.2) is 4.79 Å². The molecule has 3 aromatic carbocycles. The van der Waals surface area contributed by atoms with E-state index in [2.05, 4.69) is 5.32 Å². The molecule has 0 radical (unpaired) electrons. The van der Waals surface area contributed by atoms with Crippen LogP contribution in [0.3, 0.4) is 0 Å². The molecule has 0 spiro atoms. The predicted octanol–water partition coefficient (Wildman–Crippen LogP) is 5.13. The highest BCUT2D eigenvalue weighted by Crippen LogP contribution is 2.24. The molecule has 0 aliphatic heterocycles. The largest absolute Gasteiger partial charge is 0.488 e. The molecule has 6 nitrogen and oxygen atoms in total. The Balaban J connectivity index is 1.78. The number of nitrogens with one attached hydrogen (secondary N) is 1. The van der Waals surface area contributed by atoms with Gasteiger partial charge in [-0.2, -0.15) is 5.26 Å². The predicted molar refractivity (Wildman–Crippen MR) is 122 cm³/mol. The molecule has 3 aromatic rings. The first kappa shape index (κ1) is 22.3. The molecule has 0 unspecified atom stereocenters. The fourth-order valence-electron chi connectivity index (χ4n) is 3.02. The molecule has 0 saturated carbocycles. The maximum absolute atomic E-state index is 12.7. The Kier molecular flexibility index (Phi) is 7.04. The number of aryl methyl sites for hydroxylation is 1. The summed E-state index contributed by atoms with van der Waals surface area (Å²) in [5.41, 5.74) is 4.17. The van der Waals surface area contributed by atoms with E-state index in [0.717, 1.165) is 16.7 Å². The van der Waals surface area contributed by atoms with Gasteiger partial charge in [0.1, 0.15) is 24.0 Å². The summed E-state index contributed by atoms with van der Waals surface area (Å²) in [6.45, 7) is 4.07. The minimum atomic E-state index is -0.990. The minimum Gasteiger partial charge on any atom is -0.488 e. The molecule has 0 aromatic heterocycles. The Morgan fingerprint density at radius 3 is 2.44 bits per heavy atom. The molecule has 1 amide bonds. The molecule has 0 atom stereocenters. The van der Waals surface area contributed by atoms with Gasteiger partial charge >= 0.3 is 5.97 Å². The first-order chi connectivity index (χ1) is 15.4. The summed E-state index contributed by atoms with van der Waals surface area (Å²) in [4.78, 5) is 23.7. The van der Waals surface area contributed by atoms with Gasteiger partial charge in [0.05, 0.1) is 5.56 Å². The van der Waals surface area contributed by atoms with Crippen molar-refractivity contribution in [1.82, 2.24) is 0 Å². The molecule has 0 saturated heterocycles. The lowest BCUT2D eigenvalue weighted by Crippen LogP contribution is -2.14. The fourth-order valence-corrected chi connectivity index (χ4v) is 3.02. The first-order valence-corrected chi connectivity index (χ1v) is 9.92. The van der Waals surface area contributed by atoms with Crippen molar-refractivity contribution in [2.24, 2.45) is 0 Å². The van der Waals surface area contributed by atoms with Gasteiger partial charge in [-0.05, 0) is 60.9 Å². The number of aromatic carboxylic acids is 1. The van der Waals surface area contributed by atoms with E-state index in [-0.39, 0.29) is 17.7 Å². The van der Waals surface area contributed by atoms with E-state index in [1.807, 2.05) is 32.0 Å². The summed E-state index contributed by atoms with van der Waals surface area (Å²) in [6.07, 6.45) is 1.49. The number of carbonyl (C=O) groups excluding carboxylic acids is 1. The molecule has 0 bridgehead atoms. The fraction of sp³-hybridized carbons (Fsp3) is 0.115. The van der Waals surface area contributed by atoms with Crippen LogP contribution in [0, 0.1) is 25.2 Å². The Morgan fingerprint density at radius 2 is 1.75 bits per heavy atom. The van der Waals surface area contributed by atoms with E-state index in [1.54, 1.807) is 42.5 Å². The molecule has 3 rings (SSSR count). The van der Waals surface area contributed by atoms with Crippen molar-refractivity contribution in [1.29, 1.82) is 5.26 Å². The van der Waals surface area contributed by atoms with E-state index < -0.39 is 11.9 Å². The van der Waals surface area contributed by atoms with Gasteiger partial charge in [0, 0.05) is 11.3 Å². The van der Waals surface area contributed by atoms with Crippen LogP contribution in [0.2, 0.25) is 0 Å². The number of carboxylic acids is 1. The second kappa shape index (κ2) is 10.1. The van der Waals surface area contributed by atoms with E-state index in [0.29, 0.717) is 17.0 Å². The molecule has 2 N–H and O–H groups in total. The third-order valence-electron chi connectivity index (χ3n) is 5.03. The van der Waals surface area contributed by atoms with E-state index in [1.165, 1.54) is 18.2 Å². The number of nitrogens with zero attached hydrogens (tertiary/aromatic N) is 1. The number of hydrogen-bond donors (Lipinski definition) is 2. The van der Waals surface area contributed by atoms with Crippen molar-refractivity contribution >= 4 is 23.6 Å². The number of benzene rings is 3. The normalized spacial score (nSPS) is 10.8. The van der Waals surface area contributed by atoms with Crippen LogP contribution in [0.5, 0.6) is 5.75 Å². The number of ether oxygens (including phenoxy) is 1. The Bertz CT molecular complexity index is 1220. The number of anilines is 1. The van der Waals surface area contributed by atoms with Crippen LogP contribution in [0.1, 0.15) is 32.6 Å². The van der Waals surface area contributed by atoms with E-state index in [9.17, 15) is 14.9 Å². The number of nitriles is 1. The number of hydrogen-bond acceptors (Lipinski definition) is 4. The summed E-state index contributed by atoms with van der Waals surface area (Å²) < 4.78 is 5.87. The van der Waals surface area contributed by atoms with Crippen molar-refractivity contribution in [3.05, 3.63) is 100 Å². The zero-order valence-electron chi connectivity index (χ0n) is 17.8. The summed E-state index contributed by atoms with van der Waals surface area (Å²) in [5, 5.41) is 21.4. The molecule has 6 heteroatoms. The second-order valence-electron chi connectivity index (χ2n) is 7.20. The lowest BCUT2D eigenvalue weighted by atomic mass is 10.1. The minimum absolute atomic E-state index is 0.0484. The molecule has 0 heterocycles. The van der Waals surface area contributed by atoms with Crippen molar-refractivity contribution in [3.63, 3.8) is 0 Å². The van der Waals surface area contributed by atoms with Crippen molar-refractivity contribution in [2.75, 3.05) is 5.32 Å². The van der Waals surface area contributed by atoms with Crippen molar-refractivity contribution < 1.29 is 19.4 Å². The van der Waals surface area contributed by atoms with Gasteiger partial charge in [-0.15, -0.1) is 0 Å². The highest BCUT2D eigenvalue weighted by Gasteiger charge is 2.13. The summed E-state index contributed by atoms with van der Waals surface area (Å²) in [6, 6.07) is 21.0. The second-order valence-corrected chi connectivity index (χ2v) is 7.20. The monoisotopic (exact) mass is 426 g/mol. The third-order valence-corrected chi connectivity index (χ3v) is 5.03. The first-order valence-electron chi connectivity index (χ1n) is 9.92. The van der Waals surface area contributed by atoms with Crippen LogP contribution in [-0.4, -0.2) is 17.0 Å². The summed E-state index contributed by atoms with van der Waals surface area (Å²) >= 11 is 0. The maximum Gasteiger partial charge on any atom is 0.335 e. The Morgan fingerprint density at radius 1 is 1.03 bits per heavy atom. The van der Waals surface area contributed by atoms with Gasteiger partial charge < -0.3 is 15.2 Å². The van der Waals surface area contributed by atoms with Gasteiger partial charge in [0.25, 0.3) is 5.91 Å². The SMILES string of the molecule is Cc1cccc(NC(=O)/C(C#N)=C/c2ccccc2OCc2ccc(C(=O)O)cc2)c1C. The molecule has 0 aliphatic carbocycles. The van der Waals surface area contributed by atoms with E-state index >= 15 is 0 Å². The van der Waals surface area contributed by atoms with Crippen molar-refractivity contribution in [2.45, 2.75) is 20.5 Å². The standard InChI is InChI=1S/C26H22N2O4/c1-17-6-5-8-23(18(17)2)28-25(29)22(15-27)14-21-7-3-4-9-24(21)32-16-19-10-12-20(13-11-19)26(30)31/h3-14H,16H2,1-2H3,(H,28,29)(H,30,31)/b22-14+. The van der Waals surface area contributed by atoms with Gasteiger partial charge in [-0.1, -0.05) is 42.5 Å². The molecule has 160 valence electrons. The maximum atomic E-state index is 12.7. The Hall–Kier alpha value is -4.37. The van der Waals surface area contributed by atoms with E-state index in [4.69, 9.17) is 9.84 Å². The van der Waals surface area contributed by atoms with Crippen molar-refractivity contribution in [3.8, 4) is 11.8 Å². The van der Waals surface area contributed by atoms with Crippen LogP contribution in [0.4, 0.5) is 5.69 Å². The zero-order chi connectivity index (χ0) is 23.1. The smallest absolute Gasteiger partial charge is 0.335 e. The lowest BCUT2D eigenvalue weighted by Gasteiger charge is -2.11. The molecule has 0 fully saturated rings. The Labute approximate surface area is 186 Å². The lowest BCUT2D eigenvalue weighted by molar-refractivity contribution is -0.112. The number of para-hydroxylation sites is 1. The number of rotatable bonds is 7. The quantitative estimate of drug-likeness (QED) is 0.403. The topological polar surface area (TPSA) is 99.4 Å². The average Bonchev–Trinajstić information content (AvgIpc) is 2.80. The van der Waals surface area contributed by atoms with Gasteiger partial charge in [0.2, 0.25) is 0 Å². The third kappa shape index (κ3) is 5.41. The number of carbonyl (C=O) groups is 2. The van der Waals surface area contributed by atoms with Gasteiger partial charge in [-0.3, -0.25) is 4.79 Å². The highest BCUT2D eigenvalue weighted by atomic mass is 16.5. The molecule has 32 heavy (non-hydrogen) atoms. The molecular formula is C26H22N2O4. The van der Waals surface area contributed by atoms with Crippen LogP contribution in [-0.2, 0) is 11.4 Å². The highest BCUT2D eigenvalue weighted by molar-refractivity contribution is 6.10. The molecular weight excluding hydrogens is 404 g/mol. The number of carboxylic acid groups (broad SMARTS) is 1. The van der Waals surface area contributed by atoms with Crippen LogP contribution < -0.4 is 10.1 Å². The van der Waals surface area contributed by atoms with Crippen LogP contribution in [0.25, 0.3) is 6.08 Å². The van der Waals surface area contributed by atoms with Gasteiger partial charge in [0.15, 0.2) is 0 Å². The average molecular weight is 426 g/mol. The summed E-state index contributed by atoms with van der Waals surface area (Å²) in [5.74, 6) is -0.988. The number of amides is 1. The zero-order valence-corrected chi connectivity index (χ0v) is 17.8.